The molecule has 1 aliphatic heterocycles. The second-order valence-electron chi connectivity index (χ2n) is 12.6. The largest absolute Gasteiger partial charge is 0.524 e. The van der Waals surface area contributed by atoms with E-state index in [9.17, 15) is 38.6 Å². The van der Waals surface area contributed by atoms with Crippen LogP contribution in [0, 0.1) is 0 Å². The number of hydrogen-bond acceptors (Lipinski definition) is 12. The molecular weight excluding hydrogens is 711 g/mol. The van der Waals surface area contributed by atoms with Crippen LogP contribution in [0.5, 0.6) is 11.5 Å². The number of phenols is 1. The first-order valence-corrected chi connectivity index (χ1v) is 18.9. The van der Waals surface area contributed by atoms with Crippen LogP contribution in [-0.2, 0) is 52.7 Å². The number of nitrogens with zero attached hydrogens (tertiary/aromatic N) is 4. The van der Waals surface area contributed by atoms with Crippen LogP contribution in [0.3, 0.4) is 0 Å². The van der Waals surface area contributed by atoms with Crippen molar-refractivity contribution in [2.75, 3.05) is 25.5 Å². The summed E-state index contributed by atoms with van der Waals surface area (Å²) in [7, 11) is -4.90. The van der Waals surface area contributed by atoms with E-state index in [4.69, 9.17) is 24.8 Å². The third-order valence-electron chi connectivity index (χ3n) is 8.53. The molecule has 1 aliphatic rings. The zero-order valence-electron chi connectivity index (χ0n) is 29.3. The topological polar surface area (TPSA) is 246 Å². The van der Waals surface area contributed by atoms with Gasteiger partial charge >= 0.3 is 13.8 Å². The number of rotatable bonds is 19. The van der Waals surface area contributed by atoms with Crippen molar-refractivity contribution in [2.45, 2.75) is 77.7 Å². The summed E-state index contributed by atoms with van der Waals surface area (Å²) in [6, 6.07) is 10.4. The summed E-state index contributed by atoms with van der Waals surface area (Å²) in [5.74, 6) is -2.06. The maximum Gasteiger partial charge on any atom is 0.524 e. The van der Waals surface area contributed by atoms with Gasteiger partial charge in [-0.2, -0.15) is 0 Å². The molecule has 3 heterocycles. The van der Waals surface area contributed by atoms with Crippen LogP contribution in [0.4, 0.5) is 5.82 Å². The first kappa shape index (κ1) is 39.1. The van der Waals surface area contributed by atoms with Crippen LogP contribution < -0.4 is 15.6 Å². The van der Waals surface area contributed by atoms with Gasteiger partial charge in [-0.05, 0) is 49.4 Å². The summed E-state index contributed by atoms with van der Waals surface area (Å²) in [6.07, 6.45) is 3.97. The summed E-state index contributed by atoms with van der Waals surface area (Å²) >= 11 is 0. The van der Waals surface area contributed by atoms with E-state index in [1.54, 1.807) is 12.1 Å². The third kappa shape index (κ3) is 10.3. The molecule has 1 saturated heterocycles. The Hall–Kier alpha value is -5.09. The minimum atomic E-state index is -4.90. The molecule has 1 fully saturated rings. The molecule has 0 saturated carbocycles. The minimum absolute atomic E-state index is 0.00122. The van der Waals surface area contributed by atoms with E-state index in [2.05, 4.69) is 17.2 Å². The van der Waals surface area contributed by atoms with Crippen molar-refractivity contribution in [3.05, 3.63) is 53.3 Å². The summed E-state index contributed by atoms with van der Waals surface area (Å²) in [5.41, 5.74) is 9.71. The Bertz CT molecular complexity index is 2030. The molecular formula is C35H43N6O11P. The number of aryl methyl sites for hydroxylation is 2. The average Bonchev–Trinajstić information content (AvgIpc) is 3.64. The number of aromatic hydroxyl groups is 1. The van der Waals surface area contributed by atoms with Crippen molar-refractivity contribution in [1.29, 1.82) is 0 Å². The number of aromatic nitrogens is 3. The van der Waals surface area contributed by atoms with Gasteiger partial charge in [0.1, 0.15) is 11.3 Å². The van der Waals surface area contributed by atoms with Crippen molar-refractivity contribution in [3.8, 4) is 11.5 Å². The molecule has 53 heavy (non-hydrogen) atoms. The van der Waals surface area contributed by atoms with Gasteiger partial charge < -0.3 is 34.8 Å². The lowest BCUT2D eigenvalue weighted by molar-refractivity contribution is -0.197. The summed E-state index contributed by atoms with van der Waals surface area (Å²) in [4.78, 5) is 79.8. The van der Waals surface area contributed by atoms with Gasteiger partial charge in [-0.1, -0.05) is 31.5 Å². The van der Waals surface area contributed by atoms with E-state index in [-0.39, 0.29) is 55.5 Å². The van der Waals surface area contributed by atoms with Crippen LogP contribution in [0.1, 0.15) is 75.2 Å². The molecule has 4 aromatic rings. The molecule has 6 N–H and O–H groups in total. The zero-order chi connectivity index (χ0) is 38.1. The lowest BCUT2D eigenvalue weighted by Crippen LogP contribution is -2.32. The number of nitrogen functional groups attached to an aromatic ring is 1. The standard InChI is InChI=1S/C35H43N6O11P/c1-2-3-10-27-39-32-33(40(27)21-23-8-4-9-26(34(23)46)52-53(47,48)49)24-20-22(11-12-25(24)38-35(32)36)7-5-18-50-19-6-17-37-28(42)13-16-31(45)51-41-29(43)14-15-30(41)44/h4,8-9,11-12,20,46H,2-3,5-7,10,13-19,21H2,1H3,(H2,36,38)(H,37,42)(H2,47,48,49). The Kier molecular flexibility index (Phi) is 13.0. The van der Waals surface area contributed by atoms with Crippen molar-refractivity contribution >= 4 is 59.3 Å². The molecule has 18 heteroatoms. The number of anilines is 1. The van der Waals surface area contributed by atoms with Gasteiger partial charge in [-0.15, -0.1) is 5.06 Å². The lowest BCUT2D eigenvalue weighted by atomic mass is 10.1. The molecule has 0 aliphatic carbocycles. The number of hydrogen-bond donors (Lipinski definition) is 5. The number of unbranched alkanes of at least 4 members (excludes halogenated alkanes) is 1. The molecule has 284 valence electrons. The number of benzene rings is 2. The van der Waals surface area contributed by atoms with Crippen LogP contribution in [0.25, 0.3) is 21.9 Å². The Labute approximate surface area is 304 Å². The first-order chi connectivity index (χ1) is 25.3. The Balaban J connectivity index is 1.16. The molecule has 0 spiro atoms. The fourth-order valence-electron chi connectivity index (χ4n) is 5.91. The number of phosphoric acid groups is 1. The lowest BCUT2D eigenvalue weighted by Gasteiger charge is -2.15. The molecule has 5 rings (SSSR count). The quantitative estimate of drug-likeness (QED) is 0.0522. The number of carbonyl (C=O) groups is 4. The van der Waals surface area contributed by atoms with E-state index < -0.39 is 25.6 Å². The number of fused-ring (bicyclic) bond motifs is 3. The fraction of sp³-hybridized carbons (Fsp3) is 0.429. The molecule has 0 radical (unpaired) electrons. The van der Waals surface area contributed by atoms with Crippen molar-refractivity contribution in [3.63, 3.8) is 0 Å². The monoisotopic (exact) mass is 754 g/mol. The van der Waals surface area contributed by atoms with Crippen molar-refractivity contribution < 1.29 is 52.7 Å². The van der Waals surface area contributed by atoms with Crippen LogP contribution >= 0.6 is 7.82 Å². The Morgan fingerprint density at radius 1 is 1.00 bits per heavy atom. The van der Waals surface area contributed by atoms with Gasteiger partial charge in [0.25, 0.3) is 11.8 Å². The number of para-hydroxylation sites is 1. The van der Waals surface area contributed by atoms with Gasteiger partial charge in [0, 0.05) is 56.4 Å². The summed E-state index contributed by atoms with van der Waals surface area (Å²) in [6.45, 7) is 3.44. The second-order valence-corrected chi connectivity index (χ2v) is 13.7. The van der Waals surface area contributed by atoms with Gasteiger partial charge in [-0.3, -0.25) is 24.2 Å². The number of pyridine rings is 1. The zero-order valence-corrected chi connectivity index (χ0v) is 30.2. The van der Waals surface area contributed by atoms with E-state index in [0.717, 1.165) is 41.6 Å². The van der Waals surface area contributed by atoms with E-state index in [0.29, 0.717) is 60.7 Å². The summed E-state index contributed by atoms with van der Waals surface area (Å²) in [5, 5.41) is 14.9. The molecule has 17 nitrogen and oxygen atoms in total. The molecule has 3 amide bonds. The highest BCUT2D eigenvalue weighted by atomic mass is 31.2. The second kappa shape index (κ2) is 17.6. The third-order valence-corrected chi connectivity index (χ3v) is 8.96. The predicted molar refractivity (Wildman–Crippen MR) is 191 cm³/mol. The number of amides is 3. The number of nitrogens with two attached hydrogens (primary N) is 1. The van der Waals surface area contributed by atoms with Gasteiger partial charge in [0.15, 0.2) is 17.3 Å². The normalized spacial score (nSPS) is 13.3. The first-order valence-electron chi connectivity index (χ1n) is 17.4. The molecule has 0 unspecified atom stereocenters. The van der Waals surface area contributed by atoms with Crippen molar-refractivity contribution in [1.82, 2.24) is 24.9 Å². The van der Waals surface area contributed by atoms with E-state index in [1.165, 1.54) is 6.07 Å². The number of imide groups is 1. The average molecular weight is 755 g/mol. The molecule has 2 aromatic heterocycles. The highest BCUT2D eigenvalue weighted by Crippen LogP contribution is 2.43. The highest BCUT2D eigenvalue weighted by molar-refractivity contribution is 7.46. The fourth-order valence-corrected chi connectivity index (χ4v) is 6.32. The number of imidazole rings is 1. The number of carbonyl (C=O) groups excluding carboxylic acids is 4. The SMILES string of the molecule is CCCCc1nc2c(N)nc3ccc(CCCOCCCNC(=O)CCC(=O)ON4C(=O)CCC4=O)cc3c2n1Cc1cccc(OP(=O)(O)O)c1O. The summed E-state index contributed by atoms with van der Waals surface area (Å²) < 4.78 is 23.9. The minimum Gasteiger partial charge on any atom is -0.504 e. The van der Waals surface area contributed by atoms with E-state index in [1.807, 2.05) is 22.8 Å². The van der Waals surface area contributed by atoms with Gasteiger partial charge in [0.05, 0.1) is 24.0 Å². The van der Waals surface area contributed by atoms with Gasteiger partial charge in [-0.25, -0.2) is 19.3 Å². The Morgan fingerprint density at radius 2 is 1.75 bits per heavy atom. The van der Waals surface area contributed by atoms with E-state index >= 15 is 0 Å². The Morgan fingerprint density at radius 3 is 2.49 bits per heavy atom. The van der Waals surface area contributed by atoms with Crippen molar-refractivity contribution in [2.24, 2.45) is 0 Å². The highest BCUT2D eigenvalue weighted by Gasteiger charge is 2.33. The molecule has 0 bridgehead atoms. The smallest absolute Gasteiger partial charge is 0.504 e. The number of ether oxygens (including phenoxy) is 1. The maximum atomic E-state index is 12.1. The van der Waals surface area contributed by atoms with Gasteiger partial charge in [0.2, 0.25) is 5.91 Å². The number of hydroxylamine groups is 2. The molecule has 2 aromatic carbocycles. The predicted octanol–water partition coefficient (Wildman–Crippen LogP) is 3.58. The molecule has 0 atom stereocenters. The number of nitrogens with one attached hydrogen (secondary N) is 1. The van der Waals surface area contributed by atoms with Crippen LogP contribution in [0.15, 0.2) is 36.4 Å². The van der Waals surface area contributed by atoms with Crippen LogP contribution in [-0.4, -0.2) is 77.9 Å². The number of phosphoric ester groups is 1. The number of phenolic OH excluding ortho intramolecular Hbond substituents is 1. The maximum absolute atomic E-state index is 12.1. The van der Waals surface area contributed by atoms with Crippen LogP contribution in [0.2, 0.25) is 0 Å².